The average Bonchev–Trinajstić information content (AvgIpc) is 2.81. The molecule has 0 saturated carbocycles. The second-order valence-corrected chi connectivity index (χ2v) is 8.88. The van der Waals surface area contributed by atoms with Gasteiger partial charge in [-0.05, 0) is 38.2 Å². The number of halogens is 1. The molecule has 0 aromatic heterocycles. The molecular formula is C24H30ClNO8. The molecule has 1 fully saturated rings. The molecule has 0 unspecified atom stereocenters. The Bertz CT molecular complexity index is 941. The van der Waals surface area contributed by atoms with Crippen molar-refractivity contribution in [1.29, 1.82) is 0 Å². The Morgan fingerprint density at radius 2 is 1.76 bits per heavy atom. The summed E-state index contributed by atoms with van der Waals surface area (Å²) in [7, 11) is 0. The highest BCUT2D eigenvalue weighted by molar-refractivity contribution is 6.63. The number of rotatable bonds is 4. The number of ketones is 3. The molecule has 186 valence electrons. The lowest BCUT2D eigenvalue weighted by Gasteiger charge is -2.26. The fourth-order valence-corrected chi connectivity index (χ4v) is 4.31. The van der Waals surface area contributed by atoms with E-state index in [1.54, 1.807) is 6.92 Å². The van der Waals surface area contributed by atoms with Gasteiger partial charge in [0.2, 0.25) is 11.6 Å². The van der Waals surface area contributed by atoms with Crippen molar-refractivity contribution < 1.29 is 38.5 Å². The number of aromatic hydroxyl groups is 1. The second kappa shape index (κ2) is 12.3. The highest BCUT2D eigenvalue weighted by Crippen LogP contribution is 2.38. The molecule has 0 spiro atoms. The van der Waals surface area contributed by atoms with E-state index in [9.17, 15) is 24.3 Å². The van der Waals surface area contributed by atoms with Crippen LogP contribution in [0.15, 0.2) is 6.07 Å². The number of carbonyl (C=O) groups is 4. The molecule has 2 heterocycles. The zero-order chi connectivity index (χ0) is 24.7. The Morgan fingerprint density at radius 1 is 1.09 bits per heavy atom. The summed E-state index contributed by atoms with van der Waals surface area (Å²) < 4.78 is 16.6. The number of benzene rings is 1. The highest BCUT2D eigenvalue weighted by Gasteiger charge is 2.28. The number of morpholine rings is 1. The Labute approximate surface area is 203 Å². The molecule has 0 aliphatic carbocycles. The smallest absolute Gasteiger partial charge is 0.342 e. The maximum atomic E-state index is 12.9. The molecule has 34 heavy (non-hydrogen) atoms. The SMILES string of the molecule is C[C@H]1CCCC(=O)C(=O)C(=O)CCCc2c(Cl)c(OCCN3CCOCC3)cc(O)c2C(=O)O1. The lowest BCUT2D eigenvalue weighted by atomic mass is 9.97. The molecule has 0 amide bonds. The third-order valence-electron chi connectivity index (χ3n) is 5.94. The van der Waals surface area contributed by atoms with Gasteiger partial charge in [-0.25, -0.2) is 4.79 Å². The Hall–Kier alpha value is -2.49. The Morgan fingerprint density at radius 3 is 2.47 bits per heavy atom. The minimum Gasteiger partial charge on any atom is -0.507 e. The van der Waals surface area contributed by atoms with Crippen LogP contribution in [0.4, 0.5) is 0 Å². The summed E-state index contributed by atoms with van der Waals surface area (Å²) in [6, 6.07) is 1.29. The van der Waals surface area contributed by atoms with Gasteiger partial charge in [0, 0.05) is 38.5 Å². The molecule has 2 aliphatic rings. The van der Waals surface area contributed by atoms with Crippen molar-refractivity contribution in [2.45, 2.75) is 51.6 Å². The summed E-state index contributed by atoms with van der Waals surface area (Å²) in [5.41, 5.74) is 0.202. The number of fused-ring (bicyclic) bond motifs is 1. The van der Waals surface area contributed by atoms with Crippen LogP contribution in [0.5, 0.6) is 11.5 Å². The lowest BCUT2D eigenvalue weighted by Crippen LogP contribution is -2.38. The van der Waals surface area contributed by atoms with E-state index in [4.69, 9.17) is 25.8 Å². The van der Waals surface area contributed by atoms with E-state index >= 15 is 0 Å². The van der Waals surface area contributed by atoms with E-state index < -0.39 is 29.4 Å². The molecule has 0 bridgehead atoms. The minimum absolute atomic E-state index is 0.0781. The molecule has 3 rings (SSSR count). The molecular weight excluding hydrogens is 466 g/mol. The van der Waals surface area contributed by atoms with Gasteiger partial charge in [-0.2, -0.15) is 0 Å². The third kappa shape index (κ3) is 6.77. The Balaban J connectivity index is 1.82. The van der Waals surface area contributed by atoms with Gasteiger partial charge in [0.05, 0.1) is 24.3 Å². The van der Waals surface area contributed by atoms with Crippen molar-refractivity contribution in [3.63, 3.8) is 0 Å². The molecule has 1 aromatic carbocycles. The minimum atomic E-state index is -1.00. The monoisotopic (exact) mass is 495 g/mol. The van der Waals surface area contributed by atoms with E-state index in [1.165, 1.54) is 6.07 Å². The first-order valence-electron chi connectivity index (χ1n) is 11.6. The topological polar surface area (TPSA) is 119 Å². The first-order chi connectivity index (χ1) is 16.3. The van der Waals surface area contributed by atoms with Crippen molar-refractivity contribution in [2.75, 3.05) is 39.5 Å². The number of phenolic OH excluding ortho intramolecular Hbond substituents is 1. The fourth-order valence-electron chi connectivity index (χ4n) is 4.01. The first-order valence-corrected chi connectivity index (χ1v) is 11.9. The molecule has 10 heteroatoms. The van der Waals surface area contributed by atoms with Crippen molar-refractivity contribution in [3.8, 4) is 11.5 Å². The van der Waals surface area contributed by atoms with Gasteiger partial charge in [-0.1, -0.05) is 11.6 Å². The molecule has 1 aromatic rings. The van der Waals surface area contributed by atoms with Gasteiger partial charge in [0.25, 0.3) is 5.78 Å². The normalized spacial score (nSPS) is 21.5. The van der Waals surface area contributed by atoms with Gasteiger partial charge in [0.1, 0.15) is 23.7 Å². The van der Waals surface area contributed by atoms with E-state index in [2.05, 4.69) is 4.90 Å². The summed E-state index contributed by atoms with van der Waals surface area (Å²) in [5.74, 6) is -3.36. The van der Waals surface area contributed by atoms with Crippen LogP contribution in [0.2, 0.25) is 5.02 Å². The lowest BCUT2D eigenvalue weighted by molar-refractivity contribution is -0.144. The number of hydrogen-bond donors (Lipinski definition) is 1. The van der Waals surface area contributed by atoms with Crippen LogP contribution >= 0.6 is 11.6 Å². The quantitative estimate of drug-likeness (QED) is 0.496. The van der Waals surface area contributed by atoms with Gasteiger partial charge in [-0.3, -0.25) is 19.3 Å². The van der Waals surface area contributed by atoms with Crippen LogP contribution in [0, 0.1) is 0 Å². The highest BCUT2D eigenvalue weighted by atomic mass is 35.5. The number of phenols is 1. The van der Waals surface area contributed by atoms with Gasteiger partial charge >= 0.3 is 5.97 Å². The molecule has 1 atom stereocenters. The van der Waals surface area contributed by atoms with Crippen LogP contribution in [0.3, 0.4) is 0 Å². The summed E-state index contributed by atoms with van der Waals surface area (Å²) in [5, 5.41) is 10.8. The zero-order valence-corrected chi connectivity index (χ0v) is 20.0. The number of esters is 1. The number of ether oxygens (including phenoxy) is 3. The third-order valence-corrected chi connectivity index (χ3v) is 6.35. The van der Waals surface area contributed by atoms with Crippen LogP contribution in [0.1, 0.15) is 54.9 Å². The fraction of sp³-hybridized carbons (Fsp3) is 0.583. The standard InChI is InChI=1S/C24H30ClNO8/c1-15-4-2-6-17(27)23(30)18(28)7-3-5-16-21(24(31)34-15)19(29)14-20(22(16)25)33-13-10-26-8-11-32-12-9-26/h14-15,29H,2-13H2,1H3/t15-/m0/s1. The van der Waals surface area contributed by atoms with E-state index in [-0.39, 0.29) is 53.3 Å². The first kappa shape index (κ1) is 26.1. The Kier molecular flexibility index (Phi) is 9.44. The zero-order valence-electron chi connectivity index (χ0n) is 19.3. The van der Waals surface area contributed by atoms with Crippen molar-refractivity contribution in [2.24, 2.45) is 0 Å². The number of Topliss-reactive ketones (excluding diaryl/α,β-unsaturated/α-hetero) is 3. The van der Waals surface area contributed by atoms with Crippen LogP contribution < -0.4 is 4.74 Å². The van der Waals surface area contributed by atoms with Crippen LogP contribution in [-0.4, -0.2) is 78.9 Å². The predicted octanol–water partition coefficient (Wildman–Crippen LogP) is 2.52. The number of hydrogen-bond acceptors (Lipinski definition) is 9. The van der Waals surface area contributed by atoms with Gasteiger partial charge in [-0.15, -0.1) is 0 Å². The van der Waals surface area contributed by atoms with Gasteiger partial charge < -0.3 is 19.3 Å². The maximum absolute atomic E-state index is 12.9. The summed E-state index contributed by atoms with van der Waals surface area (Å²) in [6.07, 6.45) is 0.0701. The molecule has 1 saturated heterocycles. The molecule has 1 N–H and O–H groups in total. The molecule has 0 radical (unpaired) electrons. The van der Waals surface area contributed by atoms with Crippen LogP contribution in [0.25, 0.3) is 0 Å². The van der Waals surface area contributed by atoms with Crippen molar-refractivity contribution in [1.82, 2.24) is 4.90 Å². The van der Waals surface area contributed by atoms with E-state index in [1.807, 2.05) is 0 Å². The largest absolute Gasteiger partial charge is 0.507 e. The second-order valence-electron chi connectivity index (χ2n) is 8.50. The number of carbonyl (C=O) groups excluding carboxylic acids is 4. The molecule has 2 aliphatic heterocycles. The van der Waals surface area contributed by atoms with E-state index in [0.717, 1.165) is 13.1 Å². The number of nitrogens with zero attached hydrogens (tertiary/aromatic N) is 1. The predicted molar refractivity (Wildman–Crippen MR) is 123 cm³/mol. The summed E-state index contributed by atoms with van der Waals surface area (Å²) >= 11 is 6.58. The maximum Gasteiger partial charge on any atom is 0.342 e. The van der Waals surface area contributed by atoms with E-state index in [0.29, 0.717) is 39.2 Å². The summed E-state index contributed by atoms with van der Waals surface area (Å²) in [4.78, 5) is 51.2. The van der Waals surface area contributed by atoms with Crippen LogP contribution in [-0.2, 0) is 30.3 Å². The van der Waals surface area contributed by atoms with Crippen molar-refractivity contribution in [3.05, 3.63) is 22.2 Å². The van der Waals surface area contributed by atoms with Crippen molar-refractivity contribution >= 4 is 34.9 Å². The number of cyclic esters (lactones) is 1. The average molecular weight is 496 g/mol. The van der Waals surface area contributed by atoms with Gasteiger partial charge in [0.15, 0.2) is 0 Å². The molecule has 9 nitrogen and oxygen atoms in total. The summed E-state index contributed by atoms with van der Waals surface area (Å²) in [6.45, 7) is 5.53.